The van der Waals surface area contributed by atoms with Crippen LogP contribution in [0.2, 0.25) is 0 Å². The average Bonchev–Trinajstić information content (AvgIpc) is 2.66. The quantitative estimate of drug-likeness (QED) is 0.447. The Balaban J connectivity index is 3.00. The summed E-state index contributed by atoms with van der Waals surface area (Å²) in [6, 6.07) is 8.56. The third kappa shape index (κ3) is 6.54. The first-order valence-electron chi connectivity index (χ1n) is 13.2. The third-order valence-electron chi connectivity index (χ3n) is 6.84. The Morgan fingerprint density at radius 1 is 0.571 bits per heavy atom. The smallest absolute Gasteiger partial charge is 0.142 e. The first-order chi connectivity index (χ1) is 15.7. The van der Waals surface area contributed by atoms with Crippen LogP contribution in [0.4, 0.5) is 11.4 Å². The van der Waals surface area contributed by atoms with Crippen LogP contribution in [0, 0.1) is 0 Å². The molecule has 2 N–H and O–H groups in total. The normalized spacial score (nSPS) is 13.3. The van der Waals surface area contributed by atoms with Crippen molar-refractivity contribution in [1.82, 2.24) is 0 Å². The third-order valence-corrected chi connectivity index (χ3v) is 6.84. The van der Waals surface area contributed by atoms with Gasteiger partial charge in [0.25, 0.3) is 0 Å². The maximum absolute atomic E-state index is 11.7. The highest BCUT2D eigenvalue weighted by atomic mass is 16.3. The minimum Gasteiger partial charge on any atom is -0.505 e. The molecule has 0 atom stereocenters. The summed E-state index contributed by atoms with van der Waals surface area (Å²) in [5.41, 5.74) is 5.18. The van der Waals surface area contributed by atoms with Gasteiger partial charge in [0.05, 0.1) is 11.4 Å². The molecular formula is C32H51NO2. The zero-order valence-corrected chi connectivity index (χ0v) is 24.8. The van der Waals surface area contributed by atoms with E-state index in [9.17, 15) is 10.2 Å². The van der Waals surface area contributed by atoms with Crippen LogP contribution in [-0.4, -0.2) is 16.8 Å². The van der Waals surface area contributed by atoms with E-state index < -0.39 is 0 Å². The zero-order chi connectivity index (χ0) is 27.1. The van der Waals surface area contributed by atoms with Crippen LogP contribution in [0.15, 0.2) is 24.3 Å². The Bertz CT molecular complexity index is 956. The molecule has 0 aliphatic heterocycles. The van der Waals surface area contributed by atoms with E-state index in [0.717, 1.165) is 35.3 Å². The molecule has 0 aliphatic rings. The SMILES string of the molecule is CCCCN(c1cc(C(C)(C)C)cc(C(C)(C)C)c1O)c1cc(C(C)(C)C)cc(C(C)(C)C)c1O. The van der Waals surface area contributed by atoms with Gasteiger partial charge in [0.1, 0.15) is 11.5 Å². The molecule has 0 unspecified atom stereocenters. The van der Waals surface area contributed by atoms with Crippen molar-refractivity contribution in [3.63, 3.8) is 0 Å². The van der Waals surface area contributed by atoms with Gasteiger partial charge in [0.15, 0.2) is 0 Å². The van der Waals surface area contributed by atoms with E-state index in [4.69, 9.17) is 0 Å². The molecule has 0 heterocycles. The molecule has 3 nitrogen and oxygen atoms in total. The van der Waals surface area contributed by atoms with Gasteiger partial charge in [-0.05, 0) is 51.3 Å². The van der Waals surface area contributed by atoms with Crippen molar-refractivity contribution in [2.75, 3.05) is 11.4 Å². The summed E-state index contributed by atoms with van der Waals surface area (Å²) in [5.74, 6) is 0.610. The summed E-state index contributed by atoms with van der Waals surface area (Å²) in [7, 11) is 0. The van der Waals surface area contributed by atoms with Gasteiger partial charge in [-0.25, -0.2) is 0 Å². The molecule has 2 aromatic rings. The molecule has 0 spiro atoms. The Labute approximate surface area is 215 Å². The van der Waals surface area contributed by atoms with E-state index in [1.807, 2.05) is 0 Å². The van der Waals surface area contributed by atoms with Gasteiger partial charge in [-0.15, -0.1) is 0 Å². The predicted octanol–water partition coefficient (Wildman–Crippen LogP) is 9.23. The summed E-state index contributed by atoms with van der Waals surface area (Å²) >= 11 is 0. The second-order valence-electron chi connectivity index (χ2n) is 14.3. The lowest BCUT2D eigenvalue weighted by Crippen LogP contribution is -2.24. The number of aromatic hydroxyl groups is 2. The van der Waals surface area contributed by atoms with Gasteiger partial charge >= 0.3 is 0 Å². The van der Waals surface area contributed by atoms with E-state index in [1.54, 1.807) is 0 Å². The largest absolute Gasteiger partial charge is 0.505 e. The van der Waals surface area contributed by atoms with Gasteiger partial charge in [0, 0.05) is 17.7 Å². The molecule has 35 heavy (non-hydrogen) atoms. The Morgan fingerprint density at radius 3 is 1.17 bits per heavy atom. The van der Waals surface area contributed by atoms with Gasteiger partial charge < -0.3 is 15.1 Å². The molecule has 0 aromatic heterocycles. The average molecular weight is 482 g/mol. The maximum Gasteiger partial charge on any atom is 0.142 e. The van der Waals surface area contributed by atoms with Gasteiger partial charge in [-0.3, -0.25) is 0 Å². The van der Waals surface area contributed by atoms with E-state index in [-0.39, 0.29) is 21.7 Å². The highest BCUT2D eigenvalue weighted by Crippen LogP contribution is 2.48. The molecule has 0 radical (unpaired) electrons. The summed E-state index contributed by atoms with van der Waals surface area (Å²) < 4.78 is 0. The molecule has 0 fully saturated rings. The number of rotatable bonds is 5. The van der Waals surface area contributed by atoms with Crippen LogP contribution >= 0.6 is 0 Å². The van der Waals surface area contributed by atoms with Gasteiger partial charge in [0.2, 0.25) is 0 Å². The lowest BCUT2D eigenvalue weighted by atomic mass is 9.78. The molecule has 196 valence electrons. The predicted molar refractivity (Wildman–Crippen MR) is 153 cm³/mol. The molecule has 0 saturated heterocycles. The maximum atomic E-state index is 11.7. The molecule has 0 aliphatic carbocycles. The zero-order valence-electron chi connectivity index (χ0n) is 24.8. The summed E-state index contributed by atoms with van der Waals surface area (Å²) in [6.07, 6.45) is 1.97. The van der Waals surface area contributed by atoms with Crippen LogP contribution < -0.4 is 4.90 Å². The minimum absolute atomic E-state index is 0.0786. The molecular weight excluding hydrogens is 430 g/mol. The van der Waals surface area contributed by atoms with Crippen molar-refractivity contribution in [1.29, 1.82) is 0 Å². The summed E-state index contributed by atoms with van der Waals surface area (Å²) in [5, 5.41) is 23.3. The van der Waals surface area contributed by atoms with Crippen molar-refractivity contribution in [2.24, 2.45) is 0 Å². The highest BCUT2D eigenvalue weighted by molar-refractivity contribution is 5.78. The number of nitrogens with zero attached hydrogens (tertiary/aromatic N) is 1. The molecule has 3 heteroatoms. The summed E-state index contributed by atoms with van der Waals surface area (Å²) in [6.45, 7) is 29.0. The van der Waals surface area contributed by atoms with E-state index >= 15 is 0 Å². The van der Waals surface area contributed by atoms with E-state index in [1.165, 1.54) is 11.1 Å². The van der Waals surface area contributed by atoms with Crippen molar-refractivity contribution in [3.05, 3.63) is 46.5 Å². The van der Waals surface area contributed by atoms with Crippen LogP contribution in [-0.2, 0) is 21.7 Å². The fourth-order valence-corrected chi connectivity index (χ4v) is 4.35. The molecule has 2 rings (SSSR count). The Hall–Kier alpha value is -2.16. The number of benzene rings is 2. The Morgan fingerprint density at radius 2 is 0.914 bits per heavy atom. The minimum atomic E-state index is -0.220. The first-order valence-corrected chi connectivity index (χ1v) is 13.2. The highest BCUT2D eigenvalue weighted by Gasteiger charge is 2.31. The van der Waals surface area contributed by atoms with Crippen LogP contribution in [0.1, 0.15) is 125 Å². The number of phenols is 2. The first kappa shape index (κ1) is 29.1. The standard InChI is InChI=1S/C32H51NO2/c1-14-15-16-33(25-19-21(29(2,3)4)17-23(27(25)34)31(8,9)10)26-20-22(30(5,6)7)18-24(28(26)35)32(11,12)13/h17-20,34-35H,14-16H2,1-13H3. The molecule has 2 aromatic carbocycles. The monoisotopic (exact) mass is 481 g/mol. The topological polar surface area (TPSA) is 43.7 Å². The molecule has 0 saturated carbocycles. The number of anilines is 2. The number of hydrogen-bond acceptors (Lipinski definition) is 3. The fourth-order valence-electron chi connectivity index (χ4n) is 4.35. The second-order valence-corrected chi connectivity index (χ2v) is 14.3. The molecule has 0 amide bonds. The lowest BCUT2D eigenvalue weighted by molar-refractivity contribution is 0.440. The second kappa shape index (κ2) is 9.71. The Kier molecular flexibility index (Phi) is 8.07. The van der Waals surface area contributed by atoms with Crippen molar-refractivity contribution in [2.45, 2.75) is 125 Å². The van der Waals surface area contributed by atoms with E-state index in [2.05, 4.69) is 119 Å². The van der Waals surface area contributed by atoms with Gasteiger partial charge in [-0.1, -0.05) is 109 Å². The number of phenolic OH excluding ortho intramolecular Hbond substituents is 2. The van der Waals surface area contributed by atoms with Gasteiger partial charge in [-0.2, -0.15) is 0 Å². The fraction of sp³-hybridized carbons (Fsp3) is 0.625. The van der Waals surface area contributed by atoms with Crippen molar-refractivity contribution < 1.29 is 10.2 Å². The van der Waals surface area contributed by atoms with Crippen LogP contribution in [0.3, 0.4) is 0 Å². The summed E-state index contributed by atoms with van der Waals surface area (Å²) in [4.78, 5) is 2.16. The van der Waals surface area contributed by atoms with Crippen LogP contribution in [0.25, 0.3) is 0 Å². The van der Waals surface area contributed by atoms with E-state index in [0.29, 0.717) is 18.0 Å². The molecule has 0 bridgehead atoms. The van der Waals surface area contributed by atoms with Crippen molar-refractivity contribution >= 4 is 11.4 Å². The number of unbranched alkanes of at least 4 members (excludes halogenated alkanes) is 1. The number of hydrogen-bond donors (Lipinski definition) is 2. The van der Waals surface area contributed by atoms with Crippen LogP contribution in [0.5, 0.6) is 11.5 Å². The lowest BCUT2D eigenvalue weighted by Gasteiger charge is -2.35. The van der Waals surface area contributed by atoms with Crippen molar-refractivity contribution in [3.8, 4) is 11.5 Å².